The summed E-state index contributed by atoms with van der Waals surface area (Å²) < 4.78 is 0. The minimum atomic E-state index is -1.14. The quantitative estimate of drug-likeness (QED) is 0.843. The molecule has 1 rings (SSSR count). The van der Waals surface area contributed by atoms with Gasteiger partial charge in [-0.1, -0.05) is 0 Å². The van der Waals surface area contributed by atoms with E-state index in [1.165, 1.54) is 9.80 Å². The molecular formula is C13H21N3O3. The SMILES string of the molecule is CC(CC#N)N(C)C(=O)N1CCCCC1(C)C(=O)O. The van der Waals surface area contributed by atoms with Crippen LogP contribution in [-0.2, 0) is 4.79 Å². The number of amides is 2. The number of aliphatic carboxylic acids is 1. The third kappa shape index (κ3) is 2.98. The lowest BCUT2D eigenvalue weighted by atomic mass is 9.89. The predicted octanol–water partition coefficient (Wildman–Crippen LogP) is 1.67. The Morgan fingerprint density at radius 1 is 1.53 bits per heavy atom. The van der Waals surface area contributed by atoms with Crippen molar-refractivity contribution in [2.24, 2.45) is 0 Å². The second-order valence-corrected chi connectivity index (χ2v) is 5.29. The summed E-state index contributed by atoms with van der Waals surface area (Å²) >= 11 is 0. The normalized spacial score (nSPS) is 24.4. The molecule has 1 saturated heterocycles. The van der Waals surface area contributed by atoms with E-state index >= 15 is 0 Å². The van der Waals surface area contributed by atoms with Crippen molar-refractivity contribution in [3.63, 3.8) is 0 Å². The Labute approximate surface area is 113 Å². The summed E-state index contributed by atoms with van der Waals surface area (Å²) in [5.41, 5.74) is -1.14. The van der Waals surface area contributed by atoms with E-state index < -0.39 is 11.5 Å². The van der Waals surface area contributed by atoms with Crippen molar-refractivity contribution in [3.05, 3.63) is 0 Å². The molecule has 0 bridgehead atoms. The molecule has 1 N–H and O–H groups in total. The van der Waals surface area contributed by atoms with Crippen molar-refractivity contribution in [1.29, 1.82) is 5.26 Å². The zero-order valence-corrected chi connectivity index (χ0v) is 11.7. The Hall–Kier alpha value is -1.77. The van der Waals surface area contributed by atoms with Crippen LogP contribution in [0.25, 0.3) is 0 Å². The van der Waals surface area contributed by atoms with Gasteiger partial charge in [0.1, 0.15) is 5.54 Å². The lowest BCUT2D eigenvalue weighted by Crippen LogP contribution is -2.61. The smallest absolute Gasteiger partial charge is 0.329 e. The van der Waals surface area contributed by atoms with Gasteiger partial charge >= 0.3 is 12.0 Å². The number of piperidine rings is 1. The summed E-state index contributed by atoms with van der Waals surface area (Å²) in [6, 6.07) is 1.48. The van der Waals surface area contributed by atoms with Crippen molar-refractivity contribution in [3.8, 4) is 6.07 Å². The first kappa shape index (κ1) is 15.3. The molecule has 1 aliphatic heterocycles. The predicted molar refractivity (Wildman–Crippen MR) is 69.4 cm³/mol. The third-order valence-electron chi connectivity index (χ3n) is 3.93. The van der Waals surface area contributed by atoms with Crippen molar-refractivity contribution in [1.82, 2.24) is 9.80 Å². The lowest BCUT2D eigenvalue weighted by Gasteiger charge is -2.44. The van der Waals surface area contributed by atoms with Crippen LogP contribution in [0.15, 0.2) is 0 Å². The number of hydrogen-bond acceptors (Lipinski definition) is 3. The number of hydrogen-bond donors (Lipinski definition) is 1. The fourth-order valence-corrected chi connectivity index (χ4v) is 2.30. The van der Waals surface area contributed by atoms with E-state index in [1.807, 2.05) is 6.07 Å². The van der Waals surface area contributed by atoms with Gasteiger partial charge in [-0.3, -0.25) is 0 Å². The number of carboxylic acid groups (broad SMARTS) is 1. The number of carboxylic acids is 1. The molecule has 0 aliphatic carbocycles. The van der Waals surface area contributed by atoms with Gasteiger partial charge in [0, 0.05) is 19.6 Å². The van der Waals surface area contributed by atoms with Crippen LogP contribution < -0.4 is 0 Å². The van der Waals surface area contributed by atoms with Gasteiger partial charge in [-0.2, -0.15) is 5.26 Å². The molecule has 0 spiro atoms. The van der Waals surface area contributed by atoms with Gasteiger partial charge in [-0.15, -0.1) is 0 Å². The van der Waals surface area contributed by atoms with E-state index in [-0.39, 0.29) is 18.5 Å². The number of likely N-dealkylation sites (tertiary alicyclic amines) is 1. The van der Waals surface area contributed by atoms with Crippen LogP contribution >= 0.6 is 0 Å². The maximum Gasteiger partial charge on any atom is 0.329 e. The standard InChI is InChI=1S/C13H21N3O3/c1-10(6-8-14)15(3)12(19)16-9-5-4-7-13(16,2)11(17)18/h10H,4-7,9H2,1-3H3,(H,17,18). The second kappa shape index (κ2) is 5.91. The molecule has 1 heterocycles. The molecule has 2 unspecified atom stereocenters. The number of nitriles is 1. The van der Waals surface area contributed by atoms with E-state index in [9.17, 15) is 14.7 Å². The van der Waals surface area contributed by atoms with E-state index in [4.69, 9.17) is 5.26 Å². The Bertz CT molecular complexity index is 404. The zero-order valence-electron chi connectivity index (χ0n) is 11.7. The van der Waals surface area contributed by atoms with Gasteiger partial charge in [-0.05, 0) is 33.1 Å². The molecule has 0 aromatic heterocycles. The van der Waals surface area contributed by atoms with Crippen LogP contribution in [-0.4, -0.2) is 52.1 Å². The molecule has 0 aromatic rings. The Kier molecular flexibility index (Phi) is 4.76. The Balaban J connectivity index is 2.90. The van der Waals surface area contributed by atoms with Crippen LogP contribution in [0.4, 0.5) is 4.79 Å². The van der Waals surface area contributed by atoms with Gasteiger partial charge in [0.15, 0.2) is 0 Å². The number of nitrogens with zero attached hydrogens (tertiary/aromatic N) is 3. The zero-order chi connectivity index (χ0) is 14.6. The van der Waals surface area contributed by atoms with Crippen molar-refractivity contribution >= 4 is 12.0 Å². The Morgan fingerprint density at radius 2 is 2.16 bits per heavy atom. The highest BCUT2D eigenvalue weighted by atomic mass is 16.4. The van der Waals surface area contributed by atoms with Gasteiger partial charge < -0.3 is 14.9 Å². The van der Waals surface area contributed by atoms with Crippen LogP contribution in [0.1, 0.15) is 39.5 Å². The summed E-state index contributed by atoms with van der Waals surface area (Å²) in [7, 11) is 1.61. The molecule has 6 heteroatoms. The van der Waals surface area contributed by atoms with Gasteiger partial charge in [0.05, 0.1) is 12.5 Å². The molecule has 106 valence electrons. The minimum Gasteiger partial charge on any atom is -0.480 e. The lowest BCUT2D eigenvalue weighted by molar-refractivity contribution is -0.150. The summed E-state index contributed by atoms with van der Waals surface area (Å²) in [6.07, 6.45) is 2.33. The highest BCUT2D eigenvalue weighted by molar-refractivity contribution is 5.86. The topological polar surface area (TPSA) is 84.6 Å². The molecule has 2 amide bonds. The summed E-state index contributed by atoms with van der Waals surface area (Å²) in [6.45, 7) is 3.82. The van der Waals surface area contributed by atoms with Crippen LogP contribution in [0, 0.1) is 11.3 Å². The van der Waals surface area contributed by atoms with Crippen molar-refractivity contribution in [2.75, 3.05) is 13.6 Å². The molecule has 0 radical (unpaired) electrons. The molecule has 2 atom stereocenters. The van der Waals surface area contributed by atoms with E-state index in [2.05, 4.69) is 0 Å². The van der Waals surface area contributed by atoms with Gasteiger partial charge in [0.2, 0.25) is 0 Å². The van der Waals surface area contributed by atoms with Crippen molar-refractivity contribution < 1.29 is 14.7 Å². The summed E-state index contributed by atoms with van der Waals surface area (Å²) in [5, 5.41) is 18.0. The van der Waals surface area contributed by atoms with Gasteiger partial charge in [0.25, 0.3) is 0 Å². The largest absolute Gasteiger partial charge is 0.480 e. The maximum absolute atomic E-state index is 12.4. The summed E-state index contributed by atoms with van der Waals surface area (Å²) in [4.78, 5) is 26.7. The average Bonchev–Trinajstić information content (AvgIpc) is 2.37. The monoisotopic (exact) mass is 267 g/mol. The molecular weight excluding hydrogens is 246 g/mol. The van der Waals surface area contributed by atoms with E-state index in [1.54, 1.807) is 20.9 Å². The maximum atomic E-state index is 12.4. The van der Waals surface area contributed by atoms with Gasteiger partial charge in [-0.25, -0.2) is 9.59 Å². The highest BCUT2D eigenvalue weighted by Crippen LogP contribution is 2.29. The molecule has 1 fully saturated rings. The fraction of sp³-hybridized carbons (Fsp3) is 0.769. The number of carbonyl (C=O) groups excluding carboxylic acids is 1. The highest BCUT2D eigenvalue weighted by Gasteiger charge is 2.45. The number of carbonyl (C=O) groups is 2. The first-order chi connectivity index (χ1) is 8.84. The number of rotatable bonds is 3. The fourth-order valence-electron chi connectivity index (χ4n) is 2.30. The van der Waals surface area contributed by atoms with E-state index in [0.29, 0.717) is 13.0 Å². The van der Waals surface area contributed by atoms with E-state index in [0.717, 1.165) is 12.8 Å². The number of urea groups is 1. The van der Waals surface area contributed by atoms with Crippen molar-refractivity contribution in [2.45, 2.75) is 51.1 Å². The first-order valence-electron chi connectivity index (χ1n) is 6.49. The average molecular weight is 267 g/mol. The molecule has 0 aromatic carbocycles. The van der Waals surface area contributed by atoms with Crippen LogP contribution in [0.2, 0.25) is 0 Å². The minimum absolute atomic E-state index is 0.225. The first-order valence-corrected chi connectivity index (χ1v) is 6.49. The molecule has 0 saturated carbocycles. The summed E-state index contributed by atoms with van der Waals surface area (Å²) in [5.74, 6) is -0.970. The third-order valence-corrected chi connectivity index (χ3v) is 3.93. The molecule has 1 aliphatic rings. The second-order valence-electron chi connectivity index (χ2n) is 5.29. The Morgan fingerprint density at radius 3 is 2.68 bits per heavy atom. The molecule has 6 nitrogen and oxygen atoms in total. The van der Waals surface area contributed by atoms with Crippen LogP contribution in [0.3, 0.4) is 0 Å². The molecule has 19 heavy (non-hydrogen) atoms. The van der Waals surface area contributed by atoms with Crippen LogP contribution in [0.5, 0.6) is 0 Å².